The molecule has 1 fully saturated rings. The van der Waals surface area contributed by atoms with Gasteiger partial charge in [-0.05, 0) is 18.1 Å². The van der Waals surface area contributed by atoms with E-state index in [0.717, 1.165) is 5.56 Å². The number of benzene rings is 1. The minimum Gasteiger partial charge on any atom is -0.374 e. The molecule has 1 unspecified atom stereocenters. The third kappa shape index (κ3) is 5.42. The summed E-state index contributed by atoms with van der Waals surface area (Å²) in [7, 11) is 0. The number of hydrogen-bond acceptors (Lipinski definition) is 5. The van der Waals surface area contributed by atoms with E-state index >= 15 is 0 Å². The smallest absolute Gasteiger partial charge is 0.261 e. The standard InChI is InChI=1S/C22H25N3O5/c1-16(27)24-9-10-30-20(14-24)7-8-23-21(28)18-11-19(15-26)22(29)25(13-18)12-17-5-3-2-4-6-17/h2-6,11,13,15,20H,7-10,12,14H2,1H3,(H,23,28). The summed E-state index contributed by atoms with van der Waals surface area (Å²) in [5.41, 5.74) is 0.623. The summed E-state index contributed by atoms with van der Waals surface area (Å²) in [6, 6.07) is 10.6. The highest BCUT2D eigenvalue weighted by Gasteiger charge is 2.22. The van der Waals surface area contributed by atoms with Gasteiger partial charge in [0.2, 0.25) is 5.91 Å². The highest BCUT2D eigenvalue weighted by Crippen LogP contribution is 2.09. The number of rotatable bonds is 7. The monoisotopic (exact) mass is 411 g/mol. The zero-order chi connectivity index (χ0) is 21.5. The van der Waals surface area contributed by atoms with Crippen LogP contribution in [0.25, 0.3) is 0 Å². The fraction of sp³-hybridized carbons (Fsp3) is 0.364. The van der Waals surface area contributed by atoms with Crippen LogP contribution in [-0.4, -0.2) is 59.9 Å². The van der Waals surface area contributed by atoms with Gasteiger partial charge in [-0.1, -0.05) is 30.3 Å². The van der Waals surface area contributed by atoms with Crippen molar-refractivity contribution in [1.82, 2.24) is 14.8 Å². The minimum atomic E-state index is -0.440. The molecular formula is C22H25N3O5. The molecule has 1 saturated heterocycles. The third-order valence-electron chi connectivity index (χ3n) is 5.03. The maximum absolute atomic E-state index is 12.6. The number of nitrogens with one attached hydrogen (secondary N) is 1. The molecule has 0 bridgehead atoms. The number of aldehydes is 1. The van der Waals surface area contributed by atoms with Crippen molar-refractivity contribution in [1.29, 1.82) is 0 Å². The number of nitrogens with zero attached hydrogens (tertiary/aromatic N) is 2. The lowest BCUT2D eigenvalue weighted by Gasteiger charge is -2.32. The van der Waals surface area contributed by atoms with Crippen molar-refractivity contribution in [3.05, 3.63) is 69.6 Å². The van der Waals surface area contributed by atoms with Crippen molar-refractivity contribution in [3.63, 3.8) is 0 Å². The van der Waals surface area contributed by atoms with Gasteiger partial charge in [-0.2, -0.15) is 0 Å². The number of carbonyl (C=O) groups is 3. The first kappa shape index (κ1) is 21.4. The van der Waals surface area contributed by atoms with Gasteiger partial charge in [-0.15, -0.1) is 0 Å². The van der Waals surface area contributed by atoms with Gasteiger partial charge in [-0.25, -0.2) is 0 Å². The van der Waals surface area contributed by atoms with Crippen LogP contribution in [-0.2, 0) is 16.1 Å². The molecule has 8 heteroatoms. The van der Waals surface area contributed by atoms with E-state index in [4.69, 9.17) is 4.74 Å². The third-order valence-corrected chi connectivity index (χ3v) is 5.03. The second kappa shape index (κ2) is 9.98. The highest BCUT2D eigenvalue weighted by molar-refractivity contribution is 5.95. The Kier molecular flexibility index (Phi) is 7.13. The van der Waals surface area contributed by atoms with Crippen LogP contribution in [0.15, 0.2) is 47.4 Å². The number of carbonyl (C=O) groups excluding carboxylic acids is 3. The van der Waals surface area contributed by atoms with Crippen molar-refractivity contribution >= 4 is 18.1 Å². The Balaban J connectivity index is 1.65. The van der Waals surface area contributed by atoms with Gasteiger partial charge in [0.05, 0.1) is 30.4 Å². The maximum Gasteiger partial charge on any atom is 0.261 e. The van der Waals surface area contributed by atoms with Gasteiger partial charge in [0.1, 0.15) is 0 Å². The van der Waals surface area contributed by atoms with E-state index in [9.17, 15) is 19.2 Å². The normalized spacial score (nSPS) is 16.2. The summed E-state index contributed by atoms with van der Waals surface area (Å²) in [4.78, 5) is 49.6. The first-order chi connectivity index (χ1) is 14.5. The number of amides is 2. The van der Waals surface area contributed by atoms with E-state index < -0.39 is 5.56 Å². The van der Waals surface area contributed by atoms with E-state index in [-0.39, 0.29) is 35.6 Å². The molecular weight excluding hydrogens is 386 g/mol. The molecule has 1 aliphatic heterocycles. The number of morpholine rings is 1. The fourth-order valence-corrected chi connectivity index (χ4v) is 3.39. The summed E-state index contributed by atoms with van der Waals surface area (Å²) in [6.07, 6.45) is 2.35. The lowest BCUT2D eigenvalue weighted by atomic mass is 10.1. The van der Waals surface area contributed by atoms with Gasteiger partial charge >= 0.3 is 0 Å². The van der Waals surface area contributed by atoms with Crippen LogP contribution >= 0.6 is 0 Å². The lowest BCUT2D eigenvalue weighted by Crippen LogP contribution is -2.45. The molecule has 0 spiro atoms. The highest BCUT2D eigenvalue weighted by atomic mass is 16.5. The van der Waals surface area contributed by atoms with Crippen LogP contribution in [0, 0.1) is 0 Å². The van der Waals surface area contributed by atoms with Crippen LogP contribution in [0.1, 0.15) is 39.6 Å². The molecule has 0 saturated carbocycles. The SMILES string of the molecule is CC(=O)N1CCOC(CCNC(=O)c2cc(C=O)c(=O)n(Cc3ccccc3)c2)C1. The van der Waals surface area contributed by atoms with Gasteiger partial charge in [-0.3, -0.25) is 19.2 Å². The largest absolute Gasteiger partial charge is 0.374 e. The predicted molar refractivity (Wildman–Crippen MR) is 111 cm³/mol. The number of hydrogen-bond donors (Lipinski definition) is 1. The molecule has 158 valence electrons. The van der Waals surface area contributed by atoms with Gasteiger partial charge in [0.25, 0.3) is 11.5 Å². The fourth-order valence-electron chi connectivity index (χ4n) is 3.39. The molecule has 2 aromatic rings. The summed E-state index contributed by atoms with van der Waals surface area (Å²) >= 11 is 0. The second-order valence-electron chi connectivity index (χ2n) is 7.22. The predicted octanol–water partition coefficient (Wildman–Crippen LogP) is 1.08. The van der Waals surface area contributed by atoms with Crippen LogP contribution in [0.4, 0.5) is 0 Å². The average molecular weight is 411 g/mol. The Morgan fingerprint density at radius 3 is 2.73 bits per heavy atom. The summed E-state index contributed by atoms with van der Waals surface area (Å²) < 4.78 is 7.01. The molecule has 1 aliphatic rings. The maximum atomic E-state index is 12.6. The Hall–Kier alpha value is -3.26. The Labute approximate surface area is 174 Å². The summed E-state index contributed by atoms with van der Waals surface area (Å²) in [5.74, 6) is -0.367. The van der Waals surface area contributed by atoms with Crippen molar-refractivity contribution < 1.29 is 19.1 Å². The van der Waals surface area contributed by atoms with Crippen molar-refractivity contribution in [3.8, 4) is 0 Å². The molecule has 0 radical (unpaired) electrons. The minimum absolute atomic E-state index is 0.00870. The van der Waals surface area contributed by atoms with Gasteiger partial charge in [0.15, 0.2) is 6.29 Å². The van der Waals surface area contributed by atoms with Crippen LogP contribution in [0.3, 0.4) is 0 Å². The van der Waals surface area contributed by atoms with Gasteiger partial charge in [0, 0.05) is 32.8 Å². The van der Waals surface area contributed by atoms with Crippen molar-refractivity contribution in [2.75, 3.05) is 26.2 Å². The van der Waals surface area contributed by atoms with E-state index in [1.807, 2.05) is 30.3 Å². The molecule has 2 amide bonds. The Bertz CT molecular complexity index is 970. The van der Waals surface area contributed by atoms with E-state index in [0.29, 0.717) is 38.9 Å². The first-order valence-electron chi connectivity index (χ1n) is 9.87. The Morgan fingerprint density at radius 1 is 1.27 bits per heavy atom. The zero-order valence-corrected chi connectivity index (χ0v) is 16.9. The lowest BCUT2D eigenvalue weighted by molar-refractivity contribution is -0.136. The number of pyridine rings is 1. The quantitative estimate of drug-likeness (QED) is 0.688. The second-order valence-corrected chi connectivity index (χ2v) is 7.22. The molecule has 2 heterocycles. The van der Waals surface area contributed by atoms with Crippen molar-refractivity contribution in [2.24, 2.45) is 0 Å². The number of aromatic nitrogens is 1. The zero-order valence-electron chi connectivity index (χ0n) is 16.9. The molecule has 1 atom stereocenters. The topological polar surface area (TPSA) is 97.7 Å². The molecule has 1 aromatic carbocycles. The van der Waals surface area contributed by atoms with E-state index in [2.05, 4.69) is 5.32 Å². The van der Waals surface area contributed by atoms with Crippen LogP contribution < -0.4 is 10.9 Å². The molecule has 1 N–H and O–H groups in total. The molecule has 30 heavy (non-hydrogen) atoms. The molecule has 1 aromatic heterocycles. The van der Waals surface area contributed by atoms with Crippen LogP contribution in [0.2, 0.25) is 0 Å². The first-order valence-corrected chi connectivity index (χ1v) is 9.87. The number of ether oxygens (including phenoxy) is 1. The van der Waals surface area contributed by atoms with Gasteiger partial charge < -0.3 is 19.5 Å². The van der Waals surface area contributed by atoms with Crippen LogP contribution in [0.5, 0.6) is 0 Å². The van der Waals surface area contributed by atoms with Crippen molar-refractivity contribution in [2.45, 2.75) is 26.0 Å². The summed E-state index contributed by atoms with van der Waals surface area (Å²) in [5, 5.41) is 2.80. The molecule has 8 nitrogen and oxygen atoms in total. The summed E-state index contributed by atoms with van der Waals surface area (Å²) in [6.45, 7) is 3.70. The molecule has 0 aliphatic carbocycles. The molecule has 3 rings (SSSR count). The average Bonchev–Trinajstić information content (AvgIpc) is 2.76. The van der Waals surface area contributed by atoms with E-state index in [1.165, 1.54) is 23.8 Å². The van der Waals surface area contributed by atoms with E-state index in [1.54, 1.807) is 4.90 Å². The Morgan fingerprint density at radius 2 is 2.03 bits per heavy atom.